The summed E-state index contributed by atoms with van der Waals surface area (Å²) in [4.78, 5) is 28.4. The van der Waals surface area contributed by atoms with Crippen LogP contribution in [-0.4, -0.2) is 65.3 Å². The van der Waals surface area contributed by atoms with Gasteiger partial charge in [0.05, 0.1) is 0 Å². The first-order valence-electron chi connectivity index (χ1n) is 11.0. The maximum absolute atomic E-state index is 12.9. The summed E-state index contributed by atoms with van der Waals surface area (Å²) in [5, 5.41) is 0.518. The number of piperazine rings is 1. The first kappa shape index (κ1) is 22.1. The van der Waals surface area contributed by atoms with E-state index in [0.717, 1.165) is 25.2 Å². The SMILES string of the molecule is O=C(c1ccc(NS(=O)(=O)c2c[nH]c3ncccc23)cc1)N1CCN(Cc2cccnc2)CC1. The van der Waals surface area contributed by atoms with E-state index < -0.39 is 10.0 Å². The van der Waals surface area contributed by atoms with E-state index in [1.165, 1.54) is 6.20 Å². The van der Waals surface area contributed by atoms with Gasteiger partial charge in [0.1, 0.15) is 10.5 Å². The number of anilines is 1. The fourth-order valence-corrected chi connectivity index (χ4v) is 5.31. The van der Waals surface area contributed by atoms with Gasteiger partial charge in [0.15, 0.2) is 0 Å². The largest absolute Gasteiger partial charge is 0.345 e. The Hall–Kier alpha value is -3.76. The number of fused-ring (bicyclic) bond motifs is 1. The third-order valence-electron chi connectivity index (χ3n) is 5.88. The van der Waals surface area contributed by atoms with Crippen molar-refractivity contribution in [3.05, 3.63) is 84.4 Å². The average Bonchev–Trinajstić information content (AvgIpc) is 3.30. The number of aromatic amines is 1. The van der Waals surface area contributed by atoms with E-state index in [4.69, 9.17) is 0 Å². The highest BCUT2D eigenvalue weighted by atomic mass is 32.2. The zero-order valence-electron chi connectivity index (χ0n) is 18.4. The molecule has 1 aliphatic heterocycles. The molecule has 0 aliphatic carbocycles. The van der Waals surface area contributed by atoms with E-state index in [1.54, 1.807) is 48.8 Å². The molecule has 0 bridgehead atoms. The predicted octanol–water partition coefficient (Wildman–Crippen LogP) is 2.72. The number of amides is 1. The number of nitrogens with one attached hydrogen (secondary N) is 2. The molecule has 9 nitrogen and oxygen atoms in total. The molecule has 0 saturated carbocycles. The fraction of sp³-hybridized carbons (Fsp3) is 0.208. The third-order valence-corrected chi connectivity index (χ3v) is 7.30. The van der Waals surface area contributed by atoms with Crippen LogP contribution in [-0.2, 0) is 16.6 Å². The molecule has 1 amide bonds. The Labute approximate surface area is 197 Å². The summed E-state index contributed by atoms with van der Waals surface area (Å²) in [5.41, 5.74) is 2.57. The van der Waals surface area contributed by atoms with E-state index in [9.17, 15) is 13.2 Å². The highest BCUT2D eigenvalue weighted by Gasteiger charge is 2.23. The van der Waals surface area contributed by atoms with E-state index in [2.05, 4.69) is 30.6 Å². The smallest absolute Gasteiger partial charge is 0.264 e. The number of carbonyl (C=O) groups excluding carboxylic acids is 1. The Bertz CT molecular complexity index is 1400. The Kier molecular flexibility index (Phi) is 5.99. The molecule has 1 aliphatic rings. The Morgan fingerprint density at radius 1 is 1.00 bits per heavy atom. The van der Waals surface area contributed by atoms with Gasteiger partial charge in [0.2, 0.25) is 0 Å². The molecule has 0 unspecified atom stereocenters. The number of aromatic nitrogens is 3. The summed E-state index contributed by atoms with van der Waals surface area (Å²) in [5.74, 6) is -0.0573. The molecule has 0 spiro atoms. The number of sulfonamides is 1. The summed E-state index contributed by atoms with van der Waals surface area (Å²) in [6.45, 7) is 3.68. The van der Waals surface area contributed by atoms with Crippen molar-refractivity contribution in [3.63, 3.8) is 0 Å². The molecule has 5 rings (SSSR count). The monoisotopic (exact) mass is 476 g/mol. The number of hydrogen-bond acceptors (Lipinski definition) is 6. The van der Waals surface area contributed by atoms with Crippen molar-refractivity contribution in [2.45, 2.75) is 11.4 Å². The van der Waals surface area contributed by atoms with Crippen molar-refractivity contribution in [2.24, 2.45) is 0 Å². The van der Waals surface area contributed by atoms with Gasteiger partial charge in [-0.1, -0.05) is 6.07 Å². The van der Waals surface area contributed by atoms with Crippen molar-refractivity contribution in [1.29, 1.82) is 0 Å². The number of H-pyrrole nitrogens is 1. The van der Waals surface area contributed by atoms with Gasteiger partial charge in [-0.15, -0.1) is 0 Å². The van der Waals surface area contributed by atoms with Crippen LogP contribution in [0.3, 0.4) is 0 Å². The molecular formula is C24H24N6O3S. The summed E-state index contributed by atoms with van der Waals surface area (Å²) in [6.07, 6.45) is 6.64. The van der Waals surface area contributed by atoms with Gasteiger partial charge in [0.25, 0.3) is 15.9 Å². The minimum atomic E-state index is -3.81. The lowest BCUT2D eigenvalue weighted by molar-refractivity contribution is 0.0628. The van der Waals surface area contributed by atoms with Gasteiger partial charge < -0.3 is 9.88 Å². The van der Waals surface area contributed by atoms with Gasteiger partial charge in [-0.05, 0) is 48.0 Å². The van der Waals surface area contributed by atoms with Crippen molar-refractivity contribution in [2.75, 3.05) is 30.9 Å². The number of nitrogens with zero attached hydrogens (tertiary/aromatic N) is 4. The summed E-state index contributed by atoms with van der Waals surface area (Å²) in [7, 11) is -3.81. The maximum atomic E-state index is 12.9. The summed E-state index contributed by atoms with van der Waals surface area (Å²) >= 11 is 0. The first-order chi connectivity index (χ1) is 16.5. The van der Waals surface area contributed by atoms with Crippen molar-refractivity contribution in [1.82, 2.24) is 24.8 Å². The lowest BCUT2D eigenvalue weighted by Crippen LogP contribution is -2.48. The maximum Gasteiger partial charge on any atom is 0.264 e. The summed E-state index contributed by atoms with van der Waals surface area (Å²) in [6, 6.07) is 13.9. The fourth-order valence-electron chi connectivity index (χ4n) is 4.09. The molecule has 1 saturated heterocycles. The zero-order valence-corrected chi connectivity index (χ0v) is 19.2. The summed E-state index contributed by atoms with van der Waals surface area (Å²) < 4.78 is 28.3. The Balaban J connectivity index is 1.21. The second-order valence-corrected chi connectivity index (χ2v) is 9.82. The van der Waals surface area contributed by atoms with Crippen molar-refractivity contribution >= 4 is 32.7 Å². The molecule has 174 valence electrons. The van der Waals surface area contributed by atoms with Crippen molar-refractivity contribution < 1.29 is 13.2 Å². The molecule has 4 aromatic rings. The van der Waals surface area contributed by atoms with Crippen LogP contribution in [0.2, 0.25) is 0 Å². The van der Waals surface area contributed by atoms with Crippen LogP contribution in [0, 0.1) is 0 Å². The molecule has 0 radical (unpaired) electrons. The molecule has 0 atom stereocenters. The average molecular weight is 477 g/mol. The number of rotatable bonds is 6. The molecule has 1 fully saturated rings. The van der Waals surface area contributed by atoms with Gasteiger partial charge in [-0.2, -0.15) is 0 Å². The van der Waals surface area contributed by atoms with Crippen LogP contribution in [0.1, 0.15) is 15.9 Å². The van der Waals surface area contributed by atoms with Crippen LogP contribution in [0.25, 0.3) is 11.0 Å². The minimum Gasteiger partial charge on any atom is -0.345 e. The normalized spacial score (nSPS) is 14.9. The second-order valence-electron chi connectivity index (χ2n) is 8.16. The molecule has 34 heavy (non-hydrogen) atoms. The van der Waals surface area contributed by atoms with E-state index in [-0.39, 0.29) is 10.8 Å². The lowest BCUT2D eigenvalue weighted by atomic mass is 10.1. The zero-order chi connectivity index (χ0) is 23.5. The quantitative estimate of drug-likeness (QED) is 0.443. The van der Waals surface area contributed by atoms with Crippen LogP contribution in [0.4, 0.5) is 5.69 Å². The number of benzene rings is 1. The molecular weight excluding hydrogens is 452 g/mol. The topological polar surface area (TPSA) is 111 Å². The van der Waals surface area contributed by atoms with E-state index in [1.807, 2.05) is 17.2 Å². The van der Waals surface area contributed by atoms with Gasteiger partial charge in [0, 0.05) is 74.1 Å². The molecule has 3 aromatic heterocycles. The Morgan fingerprint density at radius 2 is 1.76 bits per heavy atom. The number of hydrogen-bond donors (Lipinski definition) is 2. The standard InChI is InChI=1S/C24H24N6O3S/c31-24(30-13-11-29(12-14-30)17-18-3-1-9-25-15-18)19-5-7-20(8-6-19)28-34(32,33)22-16-27-23-21(22)4-2-10-26-23/h1-10,15-16,28H,11-14,17H2,(H,26,27). The van der Waals surface area contributed by atoms with Crippen LogP contribution >= 0.6 is 0 Å². The predicted molar refractivity (Wildman–Crippen MR) is 129 cm³/mol. The van der Waals surface area contributed by atoms with E-state index >= 15 is 0 Å². The molecule has 1 aromatic carbocycles. The van der Waals surface area contributed by atoms with Gasteiger partial charge >= 0.3 is 0 Å². The highest BCUT2D eigenvalue weighted by molar-refractivity contribution is 7.93. The Morgan fingerprint density at radius 3 is 2.50 bits per heavy atom. The van der Waals surface area contributed by atoms with Crippen LogP contribution in [0.15, 0.2) is 78.2 Å². The van der Waals surface area contributed by atoms with Gasteiger partial charge in [-0.3, -0.25) is 19.4 Å². The van der Waals surface area contributed by atoms with Crippen LogP contribution in [0.5, 0.6) is 0 Å². The first-order valence-corrected chi connectivity index (χ1v) is 12.4. The lowest BCUT2D eigenvalue weighted by Gasteiger charge is -2.34. The third kappa shape index (κ3) is 4.63. The molecule has 10 heteroatoms. The van der Waals surface area contributed by atoms with E-state index in [0.29, 0.717) is 35.4 Å². The number of pyridine rings is 2. The number of carbonyl (C=O) groups is 1. The highest BCUT2D eigenvalue weighted by Crippen LogP contribution is 2.24. The molecule has 2 N–H and O–H groups in total. The minimum absolute atomic E-state index is 0.0573. The van der Waals surface area contributed by atoms with Crippen LogP contribution < -0.4 is 4.72 Å². The second kappa shape index (κ2) is 9.24. The van der Waals surface area contributed by atoms with Crippen molar-refractivity contribution in [3.8, 4) is 0 Å². The van der Waals surface area contributed by atoms with Gasteiger partial charge in [-0.25, -0.2) is 13.4 Å². The molecule has 4 heterocycles.